The van der Waals surface area contributed by atoms with Gasteiger partial charge in [-0.2, -0.15) is 0 Å². The summed E-state index contributed by atoms with van der Waals surface area (Å²) in [4.78, 5) is 15.5. The Hall–Kier alpha value is -3.05. The Morgan fingerprint density at radius 2 is 2.03 bits per heavy atom. The van der Waals surface area contributed by atoms with Crippen molar-refractivity contribution in [2.75, 3.05) is 6.54 Å². The monoisotopic (exact) mass is 416 g/mol. The largest absolute Gasteiger partial charge is 0.507 e. The highest BCUT2D eigenvalue weighted by molar-refractivity contribution is 6.15. The van der Waals surface area contributed by atoms with Crippen LogP contribution in [0, 0.1) is 0 Å². The number of piperidine rings is 1. The molecule has 1 atom stereocenters. The number of rotatable bonds is 4. The lowest BCUT2D eigenvalue weighted by atomic mass is 10.0. The molecule has 0 amide bonds. The van der Waals surface area contributed by atoms with Gasteiger partial charge in [0, 0.05) is 41.8 Å². The molecule has 1 saturated heterocycles. The Morgan fingerprint density at radius 3 is 2.84 bits per heavy atom. The quantitative estimate of drug-likeness (QED) is 0.582. The van der Waals surface area contributed by atoms with Crippen molar-refractivity contribution in [1.29, 1.82) is 0 Å². The molecule has 0 radical (unpaired) electrons. The van der Waals surface area contributed by atoms with E-state index in [1.165, 1.54) is 6.42 Å². The Morgan fingerprint density at radius 1 is 1.19 bits per heavy atom. The number of aromatic nitrogens is 1. The number of aryl methyl sites for hydroxylation is 1. The maximum atomic E-state index is 13.1. The van der Waals surface area contributed by atoms with Gasteiger partial charge in [-0.15, -0.1) is 0 Å². The number of likely N-dealkylation sites (tertiary alicyclic amines) is 1. The van der Waals surface area contributed by atoms with Crippen molar-refractivity contribution in [2.45, 2.75) is 52.2 Å². The molecule has 5 nitrogen and oxygen atoms in total. The first-order valence-electron chi connectivity index (χ1n) is 11.2. The minimum atomic E-state index is -0.128. The summed E-state index contributed by atoms with van der Waals surface area (Å²) in [5, 5.41) is 11.7. The number of allylic oxidation sites excluding steroid dienone is 1. The number of phenolic OH excluding ortho intramolecular Hbond substituents is 1. The van der Waals surface area contributed by atoms with Crippen molar-refractivity contribution in [2.24, 2.45) is 0 Å². The molecule has 31 heavy (non-hydrogen) atoms. The van der Waals surface area contributed by atoms with E-state index in [-0.39, 0.29) is 11.5 Å². The molecule has 0 bridgehead atoms. The second-order valence-electron chi connectivity index (χ2n) is 8.58. The lowest BCUT2D eigenvalue weighted by molar-refractivity contribution is 0.101. The molecule has 0 aliphatic carbocycles. The molecule has 2 aromatic carbocycles. The summed E-state index contributed by atoms with van der Waals surface area (Å²) in [6.07, 6.45) is 7.45. The third-order valence-electron chi connectivity index (χ3n) is 6.66. The number of nitrogens with zero attached hydrogens (tertiary/aromatic N) is 2. The zero-order chi connectivity index (χ0) is 21.5. The molecule has 3 heterocycles. The number of para-hydroxylation sites is 1. The fourth-order valence-electron chi connectivity index (χ4n) is 4.84. The second kappa shape index (κ2) is 7.89. The van der Waals surface area contributed by atoms with Crippen LogP contribution in [0.4, 0.5) is 0 Å². The standard InChI is InChI=1S/C26H28N2O3/c1-3-27-15-18(19-9-4-5-10-22(19)27)14-24-25(30)20-11-12-23(29)21(26(20)31-24)16-28-13-7-6-8-17(28)2/h4-5,9-12,14-15,17,29H,3,6-8,13,16H2,1-2H3/b24-14-/t17-/m1/s1. The number of ether oxygens (including phenoxy) is 1. The summed E-state index contributed by atoms with van der Waals surface area (Å²) in [7, 11) is 0. The Labute approximate surface area is 182 Å². The lowest BCUT2D eigenvalue weighted by Gasteiger charge is -2.33. The first-order valence-corrected chi connectivity index (χ1v) is 11.2. The Balaban J connectivity index is 1.52. The van der Waals surface area contributed by atoms with Gasteiger partial charge in [0.1, 0.15) is 11.5 Å². The van der Waals surface area contributed by atoms with Crippen molar-refractivity contribution in [3.8, 4) is 11.5 Å². The van der Waals surface area contributed by atoms with Crippen LogP contribution in [0.15, 0.2) is 48.4 Å². The number of hydrogen-bond acceptors (Lipinski definition) is 4. The van der Waals surface area contributed by atoms with Crippen molar-refractivity contribution < 1.29 is 14.6 Å². The second-order valence-corrected chi connectivity index (χ2v) is 8.58. The van der Waals surface area contributed by atoms with Gasteiger partial charge in [-0.05, 0) is 57.5 Å². The molecule has 1 fully saturated rings. The summed E-state index contributed by atoms with van der Waals surface area (Å²) >= 11 is 0. The zero-order valence-corrected chi connectivity index (χ0v) is 18.1. The predicted octanol–water partition coefficient (Wildman–Crippen LogP) is 5.36. The molecule has 0 saturated carbocycles. The minimum absolute atomic E-state index is 0.128. The highest BCUT2D eigenvalue weighted by Gasteiger charge is 2.32. The molecule has 2 aliphatic heterocycles. The number of aromatic hydroxyl groups is 1. The highest BCUT2D eigenvalue weighted by Crippen LogP contribution is 2.41. The van der Waals surface area contributed by atoms with Crippen LogP contribution in [0.3, 0.4) is 0 Å². The van der Waals surface area contributed by atoms with E-state index in [9.17, 15) is 9.90 Å². The van der Waals surface area contributed by atoms with Gasteiger partial charge in [-0.1, -0.05) is 24.6 Å². The van der Waals surface area contributed by atoms with E-state index in [0.29, 0.717) is 35.2 Å². The molecule has 160 valence electrons. The van der Waals surface area contributed by atoms with Crippen LogP contribution >= 0.6 is 0 Å². The molecular formula is C26H28N2O3. The van der Waals surface area contributed by atoms with Crippen molar-refractivity contribution in [1.82, 2.24) is 9.47 Å². The zero-order valence-electron chi connectivity index (χ0n) is 18.1. The summed E-state index contributed by atoms with van der Waals surface area (Å²) in [6, 6.07) is 11.9. The average molecular weight is 417 g/mol. The van der Waals surface area contributed by atoms with Gasteiger partial charge in [0.2, 0.25) is 5.78 Å². The maximum absolute atomic E-state index is 13.1. The SMILES string of the molecule is CCn1cc(/C=C2\Oc3c(ccc(O)c3CN3CCCC[C@H]3C)C2=O)c2ccccc21. The number of benzene rings is 2. The summed E-state index contributed by atoms with van der Waals surface area (Å²) < 4.78 is 8.29. The fraction of sp³-hybridized carbons (Fsp3) is 0.346. The highest BCUT2D eigenvalue weighted by atomic mass is 16.5. The third kappa shape index (κ3) is 3.43. The van der Waals surface area contributed by atoms with Crippen LogP contribution < -0.4 is 4.74 Å². The van der Waals surface area contributed by atoms with Gasteiger partial charge in [0.15, 0.2) is 5.76 Å². The van der Waals surface area contributed by atoms with E-state index in [0.717, 1.165) is 42.4 Å². The van der Waals surface area contributed by atoms with E-state index < -0.39 is 0 Å². The van der Waals surface area contributed by atoms with Crippen LogP contribution in [0.2, 0.25) is 0 Å². The van der Waals surface area contributed by atoms with E-state index in [1.54, 1.807) is 12.1 Å². The first-order chi connectivity index (χ1) is 15.1. The number of hydrogen-bond donors (Lipinski definition) is 1. The molecule has 0 unspecified atom stereocenters. The maximum Gasteiger partial charge on any atom is 0.231 e. The molecule has 0 spiro atoms. The number of carbonyl (C=O) groups excluding carboxylic acids is 1. The molecule has 5 heteroatoms. The van der Waals surface area contributed by atoms with Crippen LogP contribution in [-0.2, 0) is 13.1 Å². The number of fused-ring (bicyclic) bond motifs is 2. The Kier molecular flexibility index (Phi) is 5.06. The smallest absolute Gasteiger partial charge is 0.231 e. The molecule has 5 rings (SSSR count). The molecule has 3 aromatic rings. The van der Waals surface area contributed by atoms with Crippen molar-refractivity contribution in [3.63, 3.8) is 0 Å². The van der Waals surface area contributed by atoms with Gasteiger partial charge in [-0.3, -0.25) is 9.69 Å². The third-order valence-corrected chi connectivity index (χ3v) is 6.66. The van der Waals surface area contributed by atoms with Crippen molar-refractivity contribution >= 4 is 22.8 Å². The summed E-state index contributed by atoms with van der Waals surface area (Å²) in [6.45, 7) is 6.77. The van der Waals surface area contributed by atoms with E-state index in [1.807, 2.05) is 18.2 Å². The van der Waals surface area contributed by atoms with Crippen LogP contribution in [0.5, 0.6) is 11.5 Å². The minimum Gasteiger partial charge on any atom is -0.507 e. The van der Waals surface area contributed by atoms with Crippen LogP contribution in [0.25, 0.3) is 17.0 Å². The summed E-state index contributed by atoms with van der Waals surface area (Å²) in [5.41, 5.74) is 3.34. The van der Waals surface area contributed by atoms with Gasteiger partial charge in [0.05, 0.1) is 11.1 Å². The molecular weight excluding hydrogens is 388 g/mol. The van der Waals surface area contributed by atoms with Gasteiger partial charge in [-0.25, -0.2) is 0 Å². The van der Waals surface area contributed by atoms with Crippen LogP contribution in [-0.4, -0.2) is 32.9 Å². The Bertz CT molecular complexity index is 1190. The van der Waals surface area contributed by atoms with E-state index in [4.69, 9.17) is 4.74 Å². The topological polar surface area (TPSA) is 54.7 Å². The fourth-order valence-corrected chi connectivity index (χ4v) is 4.84. The van der Waals surface area contributed by atoms with Gasteiger partial charge < -0.3 is 14.4 Å². The predicted molar refractivity (Wildman–Crippen MR) is 122 cm³/mol. The van der Waals surface area contributed by atoms with Gasteiger partial charge in [0.25, 0.3) is 0 Å². The molecule has 1 N–H and O–H groups in total. The van der Waals surface area contributed by atoms with Crippen molar-refractivity contribution in [3.05, 3.63) is 65.0 Å². The molecule has 2 aliphatic rings. The van der Waals surface area contributed by atoms with Gasteiger partial charge >= 0.3 is 0 Å². The van der Waals surface area contributed by atoms with E-state index >= 15 is 0 Å². The normalized spacial score (nSPS) is 20.4. The van der Waals surface area contributed by atoms with E-state index in [2.05, 4.69) is 41.6 Å². The number of phenols is 1. The molecule has 1 aromatic heterocycles. The van der Waals surface area contributed by atoms with Crippen LogP contribution in [0.1, 0.15) is 54.6 Å². The number of ketones is 1. The lowest BCUT2D eigenvalue weighted by Crippen LogP contribution is -2.36. The average Bonchev–Trinajstić information content (AvgIpc) is 3.29. The first kappa shape index (κ1) is 19.9. The number of carbonyl (C=O) groups is 1. The number of Topliss-reactive ketones (excluding diaryl/α,β-unsaturated/α-hetero) is 1. The summed E-state index contributed by atoms with van der Waals surface area (Å²) in [5.74, 6) is 0.880.